The number of urea groups is 1. The molecule has 1 atom stereocenters. The van der Waals surface area contributed by atoms with Crippen molar-refractivity contribution in [3.8, 4) is 0 Å². The highest BCUT2D eigenvalue weighted by atomic mass is 35.5. The number of aromatic nitrogens is 2. The van der Waals surface area contributed by atoms with Gasteiger partial charge in [-0.1, -0.05) is 35.9 Å². The van der Waals surface area contributed by atoms with Crippen molar-refractivity contribution >= 4 is 28.7 Å². The molecule has 26 heavy (non-hydrogen) atoms. The van der Waals surface area contributed by atoms with E-state index in [1.165, 1.54) is 0 Å². The predicted molar refractivity (Wildman–Crippen MR) is 105 cm³/mol. The Morgan fingerprint density at radius 3 is 2.73 bits per heavy atom. The summed E-state index contributed by atoms with van der Waals surface area (Å²) in [5.41, 5.74) is 3.16. The van der Waals surface area contributed by atoms with Crippen molar-refractivity contribution in [2.75, 3.05) is 13.6 Å². The summed E-state index contributed by atoms with van der Waals surface area (Å²) in [7, 11) is 1.80. The SMILES string of the molecule is CC(c1ccc(Cl)cc1)N(C)C(=O)NCCCn1cnc2ccccc21. The van der Waals surface area contributed by atoms with Gasteiger partial charge in [-0.2, -0.15) is 0 Å². The van der Waals surface area contributed by atoms with Crippen molar-refractivity contribution in [3.63, 3.8) is 0 Å². The Bertz CT molecular complexity index is 875. The lowest BCUT2D eigenvalue weighted by Gasteiger charge is -2.25. The summed E-state index contributed by atoms with van der Waals surface area (Å²) in [4.78, 5) is 18.5. The van der Waals surface area contributed by atoms with Gasteiger partial charge in [0.25, 0.3) is 0 Å². The van der Waals surface area contributed by atoms with E-state index in [0.29, 0.717) is 11.6 Å². The van der Waals surface area contributed by atoms with Crippen molar-refractivity contribution in [2.45, 2.75) is 25.9 Å². The number of aryl methyl sites for hydroxylation is 1. The van der Waals surface area contributed by atoms with Crippen molar-refractivity contribution in [2.24, 2.45) is 0 Å². The molecule has 0 bridgehead atoms. The van der Waals surface area contributed by atoms with Gasteiger partial charge >= 0.3 is 6.03 Å². The lowest BCUT2D eigenvalue weighted by Crippen LogP contribution is -2.39. The van der Waals surface area contributed by atoms with E-state index in [2.05, 4.69) is 20.9 Å². The maximum Gasteiger partial charge on any atom is 0.317 e. The first-order chi connectivity index (χ1) is 12.6. The molecule has 0 saturated carbocycles. The lowest BCUT2D eigenvalue weighted by molar-refractivity contribution is 0.194. The molecule has 3 rings (SSSR count). The molecular weight excluding hydrogens is 348 g/mol. The minimum absolute atomic E-state index is 0.0233. The highest BCUT2D eigenvalue weighted by Crippen LogP contribution is 2.20. The van der Waals surface area contributed by atoms with Crippen LogP contribution in [0.5, 0.6) is 0 Å². The highest BCUT2D eigenvalue weighted by molar-refractivity contribution is 6.30. The second-order valence-electron chi connectivity index (χ2n) is 6.35. The standard InChI is InChI=1S/C20H23ClN4O/c1-15(16-8-10-17(21)11-9-16)24(2)20(26)22-12-5-13-25-14-23-18-6-3-4-7-19(18)25/h3-4,6-11,14-15H,5,12-13H2,1-2H3,(H,22,26). The Morgan fingerprint density at radius 2 is 1.96 bits per heavy atom. The van der Waals surface area contributed by atoms with E-state index in [1.807, 2.05) is 55.7 Å². The summed E-state index contributed by atoms with van der Waals surface area (Å²) in [5.74, 6) is 0. The van der Waals surface area contributed by atoms with Gasteiger partial charge in [-0.3, -0.25) is 0 Å². The smallest absolute Gasteiger partial charge is 0.317 e. The molecule has 1 unspecified atom stereocenters. The summed E-state index contributed by atoms with van der Waals surface area (Å²) in [6, 6.07) is 15.5. The Kier molecular flexibility index (Phi) is 5.78. The predicted octanol–water partition coefficient (Wildman–Crippen LogP) is 4.48. The summed E-state index contributed by atoms with van der Waals surface area (Å²) >= 11 is 5.92. The van der Waals surface area contributed by atoms with Crippen LogP contribution in [0.15, 0.2) is 54.9 Å². The molecule has 6 heteroatoms. The molecule has 0 saturated heterocycles. The minimum Gasteiger partial charge on any atom is -0.338 e. The number of hydrogen-bond acceptors (Lipinski definition) is 2. The third kappa shape index (κ3) is 4.17. The van der Waals surface area contributed by atoms with E-state index in [4.69, 9.17) is 11.6 Å². The van der Waals surface area contributed by atoms with Gasteiger partial charge in [0.1, 0.15) is 0 Å². The number of halogens is 1. The quantitative estimate of drug-likeness (QED) is 0.650. The van der Waals surface area contributed by atoms with Gasteiger partial charge in [-0.25, -0.2) is 9.78 Å². The van der Waals surface area contributed by atoms with Gasteiger partial charge in [0, 0.05) is 25.2 Å². The highest BCUT2D eigenvalue weighted by Gasteiger charge is 2.16. The van der Waals surface area contributed by atoms with Crippen LogP contribution in [0.1, 0.15) is 24.9 Å². The first-order valence-electron chi connectivity index (χ1n) is 8.72. The second kappa shape index (κ2) is 8.23. The largest absolute Gasteiger partial charge is 0.338 e. The number of carbonyl (C=O) groups excluding carboxylic acids is 1. The minimum atomic E-state index is -0.0806. The summed E-state index contributed by atoms with van der Waals surface area (Å²) in [6.45, 7) is 3.43. The number of rotatable bonds is 6. The van der Waals surface area contributed by atoms with E-state index < -0.39 is 0 Å². The van der Waals surface area contributed by atoms with Gasteiger partial charge in [0.05, 0.1) is 23.4 Å². The monoisotopic (exact) mass is 370 g/mol. The number of nitrogens with zero attached hydrogens (tertiary/aromatic N) is 3. The normalized spacial score (nSPS) is 12.1. The average molecular weight is 371 g/mol. The molecule has 0 spiro atoms. The summed E-state index contributed by atoms with van der Waals surface area (Å²) < 4.78 is 2.11. The molecule has 0 aliphatic rings. The van der Waals surface area contributed by atoms with E-state index >= 15 is 0 Å². The Labute approximate surface area is 158 Å². The van der Waals surface area contributed by atoms with Crippen molar-refractivity contribution in [1.82, 2.24) is 19.8 Å². The van der Waals surface area contributed by atoms with Gasteiger partial charge in [0.15, 0.2) is 0 Å². The molecule has 5 nitrogen and oxygen atoms in total. The first kappa shape index (κ1) is 18.3. The third-order valence-electron chi connectivity index (χ3n) is 4.63. The molecule has 1 heterocycles. The molecule has 0 fully saturated rings. The maximum atomic E-state index is 12.4. The Hall–Kier alpha value is -2.53. The summed E-state index contributed by atoms with van der Waals surface area (Å²) in [5, 5.41) is 3.68. The van der Waals surface area contributed by atoms with Crippen molar-refractivity contribution in [1.29, 1.82) is 0 Å². The Balaban J connectivity index is 1.48. The molecule has 136 valence electrons. The molecular formula is C20H23ClN4O. The Morgan fingerprint density at radius 1 is 1.23 bits per heavy atom. The fourth-order valence-electron chi connectivity index (χ4n) is 2.90. The van der Waals surface area contributed by atoms with Crippen LogP contribution >= 0.6 is 11.6 Å². The number of fused-ring (bicyclic) bond motifs is 1. The second-order valence-corrected chi connectivity index (χ2v) is 6.79. The van der Waals surface area contributed by atoms with Crippen LogP contribution in [-0.4, -0.2) is 34.1 Å². The van der Waals surface area contributed by atoms with Crippen LogP contribution < -0.4 is 5.32 Å². The van der Waals surface area contributed by atoms with Crippen LogP contribution in [0.3, 0.4) is 0 Å². The molecule has 0 radical (unpaired) electrons. The van der Waals surface area contributed by atoms with Crippen molar-refractivity contribution < 1.29 is 4.79 Å². The first-order valence-corrected chi connectivity index (χ1v) is 9.10. The number of para-hydroxylation sites is 2. The van der Waals surface area contributed by atoms with Gasteiger partial charge < -0.3 is 14.8 Å². The van der Waals surface area contributed by atoms with E-state index in [-0.39, 0.29) is 12.1 Å². The lowest BCUT2D eigenvalue weighted by atomic mass is 10.1. The third-order valence-corrected chi connectivity index (χ3v) is 4.89. The molecule has 2 amide bonds. The van der Waals surface area contributed by atoms with Gasteiger partial charge in [0.2, 0.25) is 0 Å². The molecule has 1 aromatic heterocycles. The fraction of sp³-hybridized carbons (Fsp3) is 0.300. The fourth-order valence-corrected chi connectivity index (χ4v) is 3.02. The van der Waals surface area contributed by atoms with E-state index in [9.17, 15) is 4.79 Å². The topological polar surface area (TPSA) is 50.2 Å². The van der Waals surface area contributed by atoms with Crippen LogP contribution in [0.2, 0.25) is 5.02 Å². The maximum absolute atomic E-state index is 12.4. The van der Waals surface area contributed by atoms with Crippen LogP contribution in [0.25, 0.3) is 11.0 Å². The number of carbonyl (C=O) groups is 1. The molecule has 0 aliphatic heterocycles. The zero-order valence-electron chi connectivity index (χ0n) is 15.0. The van der Waals surface area contributed by atoms with E-state index in [0.717, 1.165) is 29.6 Å². The van der Waals surface area contributed by atoms with E-state index in [1.54, 1.807) is 11.9 Å². The number of nitrogens with one attached hydrogen (secondary N) is 1. The molecule has 3 aromatic rings. The molecule has 1 N–H and O–H groups in total. The van der Waals surface area contributed by atoms with Crippen LogP contribution in [0, 0.1) is 0 Å². The summed E-state index contributed by atoms with van der Waals surface area (Å²) in [6.07, 6.45) is 2.69. The number of imidazole rings is 1. The zero-order chi connectivity index (χ0) is 18.5. The number of benzene rings is 2. The van der Waals surface area contributed by atoms with Crippen LogP contribution in [-0.2, 0) is 6.54 Å². The number of amides is 2. The zero-order valence-corrected chi connectivity index (χ0v) is 15.8. The van der Waals surface area contributed by atoms with Crippen molar-refractivity contribution in [3.05, 3.63) is 65.4 Å². The molecule has 0 aliphatic carbocycles. The van der Waals surface area contributed by atoms with Gasteiger partial charge in [-0.15, -0.1) is 0 Å². The average Bonchev–Trinajstić information content (AvgIpc) is 3.07. The van der Waals surface area contributed by atoms with Gasteiger partial charge in [-0.05, 0) is 43.2 Å². The van der Waals surface area contributed by atoms with Crippen LogP contribution in [0.4, 0.5) is 4.79 Å². The molecule has 2 aromatic carbocycles. The number of hydrogen-bond donors (Lipinski definition) is 1.